The number of hydrogen-bond donors (Lipinski definition) is 0. The van der Waals surface area contributed by atoms with Gasteiger partial charge in [-0.25, -0.2) is 4.68 Å². The van der Waals surface area contributed by atoms with Crippen LogP contribution in [-0.4, -0.2) is 33.1 Å². The van der Waals surface area contributed by atoms with Gasteiger partial charge in [-0.3, -0.25) is 10.1 Å². The van der Waals surface area contributed by atoms with Crippen molar-refractivity contribution in [1.29, 1.82) is 0 Å². The largest absolute Gasteiger partial charge is 0.496 e. The molecule has 0 spiro atoms. The van der Waals surface area contributed by atoms with E-state index in [-0.39, 0.29) is 12.3 Å². The average Bonchev–Trinajstić information content (AvgIpc) is 3.18. The number of aromatic nitrogens is 3. The summed E-state index contributed by atoms with van der Waals surface area (Å²) in [7, 11) is 1.58. The van der Waals surface area contributed by atoms with Crippen LogP contribution in [-0.2, 0) is 6.61 Å². The molecule has 2 aromatic carbocycles. The minimum Gasteiger partial charge on any atom is -0.496 e. The number of ether oxygens (including phenoxy) is 2. The van der Waals surface area contributed by atoms with Gasteiger partial charge in [-0.2, -0.15) is 5.10 Å². The molecule has 9 nitrogen and oxygen atoms in total. The first kappa shape index (κ1) is 17.1. The number of nitrogens with zero attached hydrogens (tertiary/aromatic N) is 5. The lowest BCUT2D eigenvalue weighted by Gasteiger charge is -2.11. The Kier molecular flexibility index (Phi) is 5.18. The summed E-state index contributed by atoms with van der Waals surface area (Å²) in [4.78, 5) is 10.2. The normalized spacial score (nSPS) is 10.8. The van der Waals surface area contributed by atoms with Gasteiger partial charge in [-0.15, -0.1) is 10.2 Å². The Bertz CT molecular complexity index is 907. The van der Waals surface area contributed by atoms with Crippen molar-refractivity contribution in [3.05, 3.63) is 76.4 Å². The molecule has 0 aliphatic rings. The smallest absolute Gasteiger partial charge is 0.269 e. The van der Waals surface area contributed by atoms with Crippen LogP contribution in [0.3, 0.4) is 0 Å². The van der Waals surface area contributed by atoms with E-state index in [0.717, 1.165) is 11.1 Å². The van der Waals surface area contributed by atoms with Gasteiger partial charge >= 0.3 is 0 Å². The molecule has 0 N–H and O–H groups in total. The fourth-order valence-corrected chi connectivity index (χ4v) is 2.20. The molecule has 0 saturated heterocycles. The van der Waals surface area contributed by atoms with Crippen molar-refractivity contribution < 1.29 is 14.4 Å². The second-order valence-electron chi connectivity index (χ2n) is 5.20. The molecule has 132 valence electrons. The zero-order valence-corrected chi connectivity index (χ0v) is 13.8. The molecule has 0 fully saturated rings. The summed E-state index contributed by atoms with van der Waals surface area (Å²) >= 11 is 0. The van der Waals surface area contributed by atoms with Gasteiger partial charge in [-0.05, 0) is 35.9 Å². The summed E-state index contributed by atoms with van der Waals surface area (Å²) in [5.74, 6) is 1.20. The van der Waals surface area contributed by atoms with Crippen molar-refractivity contribution >= 4 is 11.9 Å². The zero-order chi connectivity index (χ0) is 18.4. The fourth-order valence-electron chi connectivity index (χ4n) is 2.20. The van der Waals surface area contributed by atoms with Crippen molar-refractivity contribution in [2.45, 2.75) is 6.61 Å². The van der Waals surface area contributed by atoms with Crippen LogP contribution in [0, 0.1) is 10.1 Å². The van der Waals surface area contributed by atoms with Gasteiger partial charge in [-0.1, -0.05) is 0 Å². The molecule has 0 bridgehead atoms. The third-order valence-corrected chi connectivity index (χ3v) is 3.49. The molecule has 0 unspecified atom stereocenters. The zero-order valence-electron chi connectivity index (χ0n) is 13.8. The van der Waals surface area contributed by atoms with E-state index < -0.39 is 4.92 Å². The molecule has 3 aromatic rings. The third kappa shape index (κ3) is 4.20. The quantitative estimate of drug-likeness (QED) is 0.367. The summed E-state index contributed by atoms with van der Waals surface area (Å²) in [5.41, 5.74) is 1.68. The summed E-state index contributed by atoms with van der Waals surface area (Å²) in [6.07, 6.45) is 4.63. The summed E-state index contributed by atoms with van der Waals surface area (Å²) in [6.45, 7) is 0.245. The third-order valence-electron chi connectivity index (χ3n) is 3.49. The van der Waals surface area contributed by atoms with Crippen molar-refractivity contribution in [3.63, 3.8) is 0 Å². The first-order valence-corrected chi connectivity index (χ1v) is 7.59. The van der Waals surface area contributed by atoms with Crippen molar-refractivity contribution in [2.75, 3.05) is 7.11 Å². The molecule has 0 saturated carbocycles. The van der Waals surface area contributed by atoms with Gasteiger partial charge in [0.05, 0.1) is 18.2 Å². The lowest BCUT2D eigenvalue weighted by molar-refractivity contribution is -0.384. The van der Waals surface area contributed by atoms with Crippen LogP contribution < -0.4 is 9.47 Å². The van der Waals surface area contributed by atoms with Crippen molar-refractivity contribution in [2.24, 2.45) is 5.10 Å². The van der Waals surface area contributed by atoms with Crippen LogP contribution in [0.1, 0.15) is 11.1 Å². The van der Waals surface area contributed by atoms with Crippen molar-refractivity contribution in [3.8, 4) is 11.5 Å². The minimum absolute atomic E-state index is 0.0159. The molecule has 1 aromatic heterocycles. The Labute approximate surface area is 148 Å². The average molecular weight is 353 g/mol. The second-order valence-corrected chi connectivity index (χ2v) is 5.20. The van der Waals surface area contributed by atoms with Crippen LogP contribution in [0.15, 0.2) is 60.2 Å². The predicted molar refractivity (Wildman–Crippen MR) is 93.4 cm³/mol. The summed E-state index contributed by atoms with van der Waals surface area (Å²) in [5, 5.41) is 22.2. The lowest BCUT2D eigenvalue weighted by Crippen LogP contribution is -2.00. The molecule has 0 amide bonds. The number of nitro groups is 1. The number of hydrogen-bond acceptors (Lipinski definition) is 7. The van der Waals surface area contributed by atoms with Gasteiger partial charge in [0.25, 0.3) is 5.69 Å². The first-order chi connectivity index (χ1) is 12.7. The Morgan fingerprint density at radius 1 is 1.19 bits per heavy atom. The van der Waals surface area contributed by atoms with E-state index in [1.807, 2.05) is 18.2 Å². The second kappa shape index (κ2) is 7.88. The maximum absolute atomic E-state index is 10.7. The van der Waals surface area contributed by atoms with Gasteiger partial charge in [0.2, 0.25) is 0 Å². The van der Waals surface area contributed by atoms with E-state index >= 15 is 0 Å². The Balaban J connectivity index is 1.73. The molecule has 9 heteroatoms. The van der Waals surface area contributed by atoms with E-state index in [1.165, 1.54) is 29.5 Å². The Hall–Kier alpha value is -3.75. The number of nitro benzene ring substituents is 1. The van der Waals surface area contributed by atoms with E-state index in [2.05, 4.69) is 15.3 Å². The van der Waals surface area contributed by atoms with Crippen LogP contribution in [0.4, 0.5) is 5.69 Å². The fraction of sp³-hybridized carbons (Fsp3) is 0.118. The van der Waals surface area contributed by atoms with Gasteiger partial charge in [0.1, 0.15) is 30.8 Å². The number of rotatable bonds is 7. The van der Waals surface area contributed by atoms with E-state index in [0.29, 0.717) is 11.5 Å². The predicted octanol–water partition coefficient (Wildman–Crippen LogP) is 2.66. The minimum atomic E-state index is -0.453. The van der Waals surface area contributed by atoms with Gasteiger partial charge in [0, 0.05) is 17.7 Å². The molecule has 0 aliphatic carbocycles. The maximum atomic E-state index is 10.7. The lowest BCUT2D eigenvalue weighted by atomic mass is 10.1. The van der Waals surface area contributed by atoms with E-state index in [1.54, 1.807) is 25.5 Å². The number of benzene rings is 2. The molecule has 1 heterocycles. The Morgan fingerprint density at radius 2 is 1.92 bits per heavy atom. The highest BCUT2D eigenvalue weighted by atomic mass is 16.6. The standard InChI is InChI=1S/C17H15N5O4/c1-25-17-7-2-13(9-20-21-11-18-19-12-21)8-14(17)10-26-16-5-3-15(4-6-16)22(23)24/h2-9,11-12H,10H2,1H3. The van der Waals surface area contributed by atoms with Crippen LogP contribution >= 0.6 is 0 Å². The molecule has 3 rings (SSSR count). The number of non-ortho nitro benzene ring substituents is 1. The highest BCUT2D eigenvalue weighted by Crippen LogP contribution is 2.23. The van der Waals surface area contributed by atoms with Crippen LogP contribution in [0.2, 0.25) is 0 Å². The monoisotopic (exact) mass is 353 g/mol. The summed E-state index contributed by atoms with van der Waals surface area (Å²) < 4.78 is 12.5. The molecule has 0 radical (unpaired) electrons. The molecule has 0 aliphatic heterocycles. The Morgan fingerprint density at radius 3 is 2.58 bits per heavy atom. The molecular weight excluding hydrogens is 338 g/mol. The maximum Gasteiger partial charge on any atom is 0.269 e. The molecule has 26 heavy (non-hydrogen) atoms. The van der Waals surface area contributed by atoms with E-state index in [4.69, 9.17) is 9.47 Å². The SMILES string of the molecule is COc1ccc(C=Nn2cnnc2)cc1COc1ccc([N+](=O)[O-])cc1. The highest BCUT2D eigenvalue weighted by molar-refractivity contribution is 5.80. The van der Waals surface area contributed by atoms with Crippen LogP contribution in [0.5, 0.6) is 11.5 Å². The van der Waals surface area contributed by atoms with Gasteiger partial charge in [0.15, 0.2) is 0 Å². The van der Waals surface area contributed by atoms with E-state index in [9.17, 15) is 10.1 Å². The summed E-state index contributed by atoms with van der Waals surface area (Å²) in [6, 6.07) is 11.5. The number of methoxy groups -OCH3 is 1. The highest BCUT2D eigenvalue weighted by Gasteiger charge is 2.07. The van der Waals surface area contributed by atoms with Crippen LogP contribution in [0.25, 0.3) is 0 Å². The topological polar surface area (TPSA) is 105 Å². The van der Waals surface area contributed by atoms with Gasteiger partial charge < -0.3 is 9.47 Å². The molecule has 0 atom stereocenters. The molecular formula is C17H15N5O4. The van der Waals surface area contributed by atoms with Crippen molar-refractivity contribution in [1.82, 2.24) is 14.9 Å². The first-order valence-electron chi connectivity index (χ1n) is 7.59.